The minimum absolute atomic E-state index is 0.138. The van der Waals surface area contributed by atoms with Crippen molar-refractivity contribution in [1.82, 2.24) is 4.98 Å². The quantitative estimate of drug-likeness (QED) is 0.732. The lowest BCUT2D eigenvalue weighted by Gasteiger charge is -2.09. The van der Waals surface area contributed by atoms with Crippen molar-refractivity contribution >= 4 is 38.4 Å². The fraction of sp³-hybridized carbons (Fsp3) is 0.0588. The van der Waals surface area contributed by atoms with Crippen LogP contribution in [0.2, 0.25) is 0 Å². The molecule has 0 aliphatic heterocycles. The second-order valence-corrected chi connectivity index (χ2v) is 5.88. The molecule has 0 spiro atoms. The predicted molar refractivity (Wildman–Crippen MR) is 91.4 cm³/mol. The molecule has 3 rings (SSSR count). The highest BCUT2D eigenvalue weighted by Crippen LogP contribution is 2.19. The third kappa shape index (κ3) is 2.67. The van der Waals surface area contributed by atoms with Gasteiger partial charge < -0.3 is 10.3 Å². The van der Waals surface area contributed by atoms with Crippen LogP contribution in [0, 0.1) is 6.92 Å². The summed E-state index contributed by atoms with van der Waals surface area (Å²) in [6, 6.07) is 14.7. The highest BCUT2D eigenvalue weighted by Gasteiger charge is 2.16. The van der Waals surface area contributed by atoms with Crippen molar-refractivity contribution < 1.29 is 4.79 Å². The summed E-state index contributed by atoms with van der Waals surface area (Å²) in [4.78, 5) is 27.4. The number of fused-ring (bicyclic) bond motifs is 1. The Morgan fingerprint density at radius 3 is 2.68 bits per heavy atom. The summed E-state index contributed by atoms with van der Waals surface area (Å²) in [6.45, 7) is 1.79. The van der Waals surface area contributed by atoms with Crippen LogP contribution in [0.1, 0.15) is 15.9 Å². The number of hydrogen-bond donors (Lipinski definition) is 2. The van der Waals surface area contributed by atoms with Gasteiger partial charge in [0.15, 0.2) is 0 Å². The van der Waals surface area contributed by atoms with E-state index in [1.165, 1.54) is 0 Å². The number of aromatic amines is 1. The van der Waals surface area contributed by atoms with Gasteiger partial charge in [-0.15, -0.1) is 0 Å². The Kier molecular flexibility index (Phi) is 3.81. The number of rotatable bonds is 2. The van der Waals surface area contributed by atoms with Gasteiger partial charge in [-0.3, -0.25) is 9.59 Å². The Hall–Kier alpha value is -2.40. The molecule has 0 atom stereocenters. The summed E-state index contributed by atoms with van der Waals surface area (Å²) in [5, 5.41) is 3.62. The van der Waals surface area contributed by atoms with Crippen molar-refractivity contribution in [1.29, 1.82) is 0 Å². The SMILES string of the molecule is Cc1c(C(=O)Nc2cccc(Br)c2)c(=O)[nH]c2ccccc12. The van der Waals surface area contributed by atoms with Crippen molar-refractivity contribution in [3.8, 4) is 0 Å². The smallest absolute Gasteiger partial charge is 0.261 e. The number of H-pyrrole nitrogens is 1. The predicted octanol–water partition coefficient (Wildman–Crippen LogP) is 3.85. The molecule has 110 valence electrons. The molecule has 0 radical (unpaired) electrons. The lowest BCUT2D eigenvalue weighted by molar-refractivity contribution is 0.102. The molecule has 0 bridgehead atoms. The molecule has 0 saturated heterocycles. The van der Waals surface area contributed by atoms with E-state index in [1.807, 2.05) is 36.4 Å². The lowest BCUT2D eigenvalue weighted by atomic mass is 10.0. The monoisotopic (exact) mass is 356 g/mol. The number of pyridine rings is 1. The molecule has 1 amide bonds. The van der Waals surface area contributed by atoms with Crippen LogP contribution in [-0.2, 0) is 0 Å². The molecule has 0 aliphatic carbocycles. The summed E-state index contributed by atoms with van der Waals surface area (Å²) >= 11 is 3.35. The highest BCUT2D eigenvalue weighted by atomic mass is 79.9. The summed E-state index contributed by atoms with van der Waals surface area (Å²) in [5.74, 6) is -0.414. The largest absolute Gasteiger partial charge is 0.322 e. The Morgan fingerprint density at radius 2 is 1.91 bits per heavy atom. The van der Waals surface area contributed by atoms with E-state index in [9.17, 15) is 9.59 Å². The Morgan fingerprint density at radius 1 is 1.14 bits per heavy atom. The molecule has 0 saturated carbocycles. The number of anilines is 1. The molecular weight excluding hydrogens is 344 g/mol. The van der Waals surface area contributed by atoms with E-state index >= 15 is 0 Å². The molecule has 2 aromatic carbocycles. The molecule has 3 aromatic rings. The molecular formula is C17H13BrN2O2. The van der Waals surface area contributed by atoms with Crippen LogP contribution in [0.5, 0.6) is 0 Å². The van der Waals surface area contributed by atoms with E-state index in [0.29, 0.717) is 11.3 Å². The van der Waals surface area contributed by atoms with Gasteiger partial charge in [0.25, 0.3) is 11.5 Å². The Bertz CT molecular complexity index is 931. The highest BCUT2D eigenvalue weighted by molar-refractivity contribution is 9.10. The number of hydrogen-bond acceptors (Lipinski definition) is 2. The van der Waals surface area contributed by atoms with E-state index < -0.39 is 5.91 Å². The molecule has 0 aliphatic rings. The van der Waals surface area contributed by atoms with Gasteiger partial charge >= 0.3 is 0 Å². The number of aryl methyl sites for hydroxylation is 1. The summed E-state index contributed by atoms with van der Waals surface area (Å²) in [6.07, 6.45) is 0. The van der Waals surface area contributed by atoms with Crippen molar-refractivity contribution in [2.45, 2.75) is 6.92 Å². The van der Waals surface area contributed by atoms with E-state index in [-0.39, 0.29) is 11.1 Å². The number of amides is 1. The van der Waals surface area contributed by atoms with Crippen LogP contribution in [0.15, 0.2) is 57.8 Å². The normalized spacial score (nSPS) is 10.6. The number of benzene rings is 2. The first kappa shape index (κ1) is 14.5. The minimum atomic E-state index is -0.414. The summed E-state index contributed by atoms with van der Waals surface area (Å²) in [7, 11) is 0. The van der Waals surface area contributed by atoms with Gasteiger partial charge in [-0.05, 0) is 36.8 Å². The van der Waals surface area contributed by atoms with Gasteiger partial charge in [-0.25, -0.2) is 0 Å². The first-order valence-corrected chi connectivity index (χ1v) is 7.54. The van der Waals surface area contributed by atoms with Gasteiger partial charge in [0, 0.05) is 21.1 Å². The number of carbonyl (C=O) groups is 1. The van der Waals surface area contributed by atoms with E-state index in [2.05, 4.69) is 26.2 Å². The van der Waals surface area contributed by atoms with Crippen molar-refractivity contribution in [2.24, 2.45) is 0 Å². The first-order chi connectivity index (χ1) is 10.6. The lowest BCUT2D eigenvalue weighted by Crippen LogP contribution is -2.25. The zero-order valence-corrected chi connectivity index (χ0v) is 13.4. The number of nitrogens with one attached hydrogen (secondary N) is 2. The number of carbonyl (C=O) groups excluding carboxylic acids is 1. The third-order valence-electron chi connectivity index (χ3n) is 3.49. The zero-order valence-electron chi connectivity index (χ0n) is 11.8. The van der Waals surface area contributed by atoms with Crippen molar-refractivity contribution in [3.63, 3.8) is 0 Å². The Balaban J connectivity index is 2.06. The Labute approximate surface area is 135 Å². The van der Waals surface area contributed by atoms with Crippen LogP contribution < -0.4 is 10.9 Å². The number of halogens is 1. The zero-order chi connectivity index (χ0) is 15.7. The molecule has 1 heterocycles. The second-order valence-electron chi connectivity index (χ2n) is 4.96. The van der Waals surface area contributed by atoms with Crippen LogP contribution in [-0.4, -0.2) is 10.9 Å². The fourth-order valence-electron chi connectivity index (χ4n) is 2.44. The van der Waals surface area contributed by atoms with Gasteiger partial charge in [0.2, 0.25) is 0 Å². The first-order valence-electron chi connectivity index (χ1n) is 6.75. The van der Waals surface area contributed by atoms with Crippen LogP contribution >= 0.6 is 15.9 Å². The maximum atomic E-state index is 12.5. The third-order valence-corrected chi connectivity index (χ3v) is 3.98. The van der Waals surface area contributed by atoms with Gasteiger partial charge in [0.05, 0.1) is 0 Å². The van der Waals surface area contributed by atoms with Gasteiger partial charge in [-0.2, -0.15) is 0 Å². The van der Waals surface area contributed by atoms with E-state index in [4.69, 9.17) is 0 Å². The van der Waals surface area contributed by atoms with E-state index in [1.54, 1.807) is 19.1 Å². The maximum absolute atomic E-state index is 12.5. The molecule has 2 N–H and O–H groups in total. The molecule has 1 aromatic heterocycles. The molecule has 22 heavy (non-hydrogen) atoms. The van der Waals surface area contributed by atoms with Crippen LogP contribution in [0.25, 0.3) is 10.9 Å². The standard InChI is InChI=1S/C17H13BrN2O2/c1-10-13-7-2-3-8-14(13)20-17(22)15(10)16(21)19-12-6-4-5-11(18)9-12/h2-9H,1H3,(H,19,21)(H,20,22). The van der Waals surface area contributed by atoms with Crippen molar-refractivity contribution in [2.75, 3.05) is 5.32 Å². The molecule has 5 heteroatoms. The average molecular weight is 357 g/mol. The van der Waals surface area contributed by atoms with Gasteiger partial charge in [-0.1, -0.05) is 40.2 Å². The maximum Gasteiger partial charge on any atom is 0.261 e. The second kappa shape index (κ2) is 5.77. The van der Waals surface area contributed by atoms with Crippen LogP contribution in [0.4, 0.5) is 5.69 Å². The van der Waals surface area contributed by atoms with Crippen molar-refractivity contribution in [3.05, 3.63) is 74.5 Å². The fourth-order valence-corrected chi connectivity index (χ4v) is 2.84. The number of aromatic nitrogens is 1. The topological polar surface area (TPSA) is 62.0 Å². The average Bonchev–Trinajstić information content (AvgIpc) is 2.47. The molecule has 0 unspecified atom stereocenters. The van der Waals surface area contributed by atoms with E-state index in [0.717, 1.165) is 15.4 Å². The van der Waals surface area contributed by atoms with Gasteiger partial charge in [0.1, 0.15) is 5.56 Å². The minimum Gasteiger partial charge on any atom is -0.322 e. The number of para-hydroxylation sites is 1. The molecule has 4 nitrogen and oxygen atoms in total. The molecule has 0 fully saturated rings. The summed E-state index contributed by atoms with van der Waals surface area (Å²) in [5.41, 5.74) is 1.78. The summed E-state index contributed by atoms with van der Waals surface area (Å²) < 4.78 is 0.856. The van der Waals surface area contributed by atoms with Crippen LogP contribution in [0.3, 0.4) is 0 Å².